The first-order valence-electron chi connectivity index (χ1n) is 21.9. The van der Waals surface area contributed by atoms with Crippen molar-refractivity contribution in [3.63, 3.8) is 0 Å². The number of benzene rings is 10. The molecule has 0 atom stereocenters. The van der Waals surface area contributed by atoms with Crippen LogP contribution in [0.4, 0.5) is 34.1 Å². The number of hydrogen-bond donors (Lipinski definition) is 0. The maximum Gasteiger partial charge on any atom is 0.184 e. The van der Waals surface area contributed by atoms with Gasteiger partial charge in [0.2, 0.25) is 0 Å². The van der Waals surface area contributed by atoms with E-state index in [2.05, 4.69) is 265 Å². The minimum absolute atomic E-state index is 1.11. The van der Waals surface area contributed by atoms with Crippen molar-refractivity contribution in [1.82, 2.24) is 0 Å². The maximum atomic E-state index is 2.51. The first-order valence-corrected chi connectivity index (χ1v) is 24.7. The Morgan fingerprint density at radius 2 is 0.859 bits per heavy atom. The van der Waals surface area contributed by atoms with E-state index in [1.807, 2.05) is 11.3 Å². The normalized spacial score (nSPS) is 12.8. The lowest BCUT2D eigenvalue weighted by Crippen LogP contribution is -2.77. The molecule has 0 N–H and O–H groups in total. The Kier molecular flexibility index (Phi) is 9.40. The topological polar surface area (TPSA) is 6.48 Å². The van der Waals surface area contributed by atoms with Crippen molar-refractivity contribution >= 4 is 94.5 Å². The summed E-state index contributed by atoms with van der Waals surface area (Å²) in [6.45, 7) is 0. The predicted molar refractivity (Wildman–Crippen MR) is 277 cm³/mol. The predicted octanol–water partition coefficient (Wildman–Crippen LogP) is 14.0. The SMILES string of the molecule is c1ccc(-c2ccc(N(c3ccc(-c4ccc5c(c4)[Si](c4ccccc4)(c4ccccc4)c4ccccc4N5c4ccccc4)cc3)c3cccc4c3sc3ccccc34)cc2)cc1. The van der Waals surface area contributed by atoms with Crippen molar-refractivity contribution in [3.8, 4) is 22.3 Å². The van der Waals surface area contributed by atoms with Gasteiger partial charge in [0, 0.05) is 43.9 Å². The molecule has 10 aromatic carbocycles. The average Bonchev–Trinajstić information content (AvgIpc) is 3.77. The average molecular weight is 851 g/mol. The minimum Gasteiger partial charge on any atom is -0.311 e. The van der Waals surface area contributed by atoms with Gasteiger partial charge in [-0.15, -0.1) is 11.3 Å². The van der Waals surface area contributed by atoms with Crippen molar-refractivity contribution in [3.05, 3.63) is 255 Å². The summed E-state index contributed by atoms with van der Waals surface area (Å²) >= 11 is 1.87. The molecule has 0 unspecified atom stereocenters. The summed E-state index contributed by atoms with van der Waals surface area (Å²) in [6.07, 6.45) is 0. The van der Waals surface area contributed by atoms with Gasteiger partial charge in [-0.1, -0.05) is 194 Å². The van der Waals surface area contributed by atoms with E-state index >= 15 is 0 Å². The Balaban J connectivity index is 1.03. The van der Waals surface area contributed by atoms with Gasteiger partial charge in [0.05, 0.1) is 10.4 Å². The number of para-hydroxylation sites is 2. The van der Waals surface area contributed by atoms with Gasteiger partial charge in [-0.3, -0.25) is 0 Å². The minimum atomic E-state index is -2.85. The smallest absolute Gasteiger partial charge is 0.184 e. The Bertz CT molecular complexity index is 3380. The molecule has 0 saturated carbocycles. The summed E-state index contributed by atoms with van der Waals surface area (Å²) in [5, 5.41) is 8.10. The monoisotopic (exact) mass is 850 g/mol. The molecule has 2 nitrogen and oxygen atoms in total. The van der Waals surface area contributed by atoms with E-state index in [4.69, 9.17) is 0 Å². The van der Waals surface area contributed by atoms with Crippen molar-refractivity contribution in [2.24, 2.45) is 0 Å². The van der Waals surface area contributed by atoms with E-state index in [1.54, 1.807) is 0 Å². The molecule has 11 aromatic rings. The standard InChI is InChI=1S/C60H42N2SSi/c1-5-18-43(19-6-1)44-32-37-48(38-33-44)61(56-29-17-27-53-52-26-13-15-30-57(52)63-60(53)56)49-39-34-45(35-40-49)46-36-41-55-59(42-46)64(50-22-9-3-10-23-50,51-24-11-4-12-25-51)58-31-16-14-28-54(58)62(55)47-20-7-2-8-21-47/h1-42H. The van der Waals surface area contributed by atoms with Crippen LogP contribution in [0.25, 0.3) is 42.4 Å². The number of hydrogen-bond acceptors (Lipinski definition) is 3. The number of rotatable bonds is 8. The zero-order valence-corrected chi connectivity index (χ0v) is 36.9. The van der Waals surface area contributed by atoms with Crippen LogP contribution in [0.15, 0.2) is 255 Å². The van der Waals surface area contributed by atoms with Crippen molar-refractivity contribution < 1.29 is 0 Å². The molecule has 1 aliphatic rings. The Labute approximate surface area is 379 Å². The van der Waals surface area contributed by atoms with Crippen molar-refractivity contribution in [1.29, 1.82) is 0 Å². The van der Waals surface area contributed by atoms with Crippen LogP contribution in [0.5, 0.6) is 0 Å². The van der Waals surface area contributed by atoms with Crippen LogP contribution in [-0.4, -0.2) is 8.07 Å². The molecule has 0 radical (unpaired) electrons. The molecular weight excluding hydrogens is 809 g/mol. The molecule has 0 fully saturated rings. The maximum absolute atomic E-state index is 2.85. The molecular formula is C60H42N2SSi. The fourth-order valence-corrected chi connectivity index (χ4v) is 16.4. The highest BCUT2D eigenvalue weighted by molar-refractivity contribution is 7.26. The Hall–Kier alpha value is -7.76. The van der Waals surface area contributed by atoms with Gasteiger partial charge in [-0.2, -0.15) is 0 Å². The van der Waals surface area contributed by atoms with Crippen LogP contribution in [0.1, 0.15) is 0 Å². The molecule has 64 heavy (non-hydrogen) atoms. The molecule has 1 aliphatic heterocycles. The number of thiophene rings is 1. The third-order valence-corrected chi connectivity index (χ3v) is 19.0. The molecule has 0 spiro atoms. The fourth-order valence-electron chi connectivity index (χ4n) is 10.1. The second-order valence-corrected chi connectivity index (χ2v) is 21.2. The van der Waals surface area contributed by atoms with Crippen LogP contribution in [0.2, 0.25) is 0 Å². The largest absolute Gasteiger partial charge is 0.311 e. The molecule has 0 bridgehead atoms. The summed E-state index contributed by atoms with van der Waals surface area (Å²) in [5.74, 6) is 0. The lowest BCUT2D eigenvalue weighted by atomic mass is 10.0. The molecule has 0 amide bonds. The van der Waals surface area contributed by atoms with Gasteiger partial charge in [0.1, 0.15) is 0 Å². The summed E-state index contributed by atoms with van der Waals surface area (Å²) in [4.78, 5) is 4.91. The molecule has 2 heterocycles. The van der Waals surface area contributed by atoms with Gasteiger partial charge in [-0.25, -0.2) is 0 Å². The van der Waals surface area contributed by atoms with E-state index in [9.17, 15) is 0 Å². The van der Waals surface area contributed by atoms with Gasteiger partial charge in [0.25, 0.3) is 0 Å². The highest BCUT2D eigenvalue weighted by Crippen LogP contribution is 2.46. The van der Waals surface area contributed by atoms with Gasteiger partial charge in [0.15, 0.2) is 8.07 Å². The van der Waals surface area contributed by atoms with Crippen LogP contribution in [0.3, 0.4) is 0 Å². The highest BCUT2D eigenvalue weighted by Gasteiger charge is 2.48. The third-order valence-electron chi connectivity index (χ3n) is 12.9. The van der Waals surface area contributed by atoms with E-state index in [-0.39, 0.29) is 0 Å². The number of fused-ring (bicyclic) bond motifs is 5. The molecule has 4 heteroatoms. The number of anilines is 6. The molecule has 0 aliphatic carbocycles. The number of nitrogens with zero attached hydrogens (tertiary/aromatic N) is 2. The van der Waals surface area contributed by atoms with Crippen molar-refractivity contribution in [2.45, 2.75) is 0 Å². The molecule has 12 rings (SSSR count). The first-order chi connectivity index (χ1) is 31.8. The van der Waals surface area contributed by atoms with E-state index < -0.39 is 8.07 Å². The summed E-state index contributed by atoms with van der Waals surface area (Å²) in [7, 11) is -2.85. The lowest BCUT2D eigenvalue weighted by Gasteiger charge is -2.45. The quantitative estimate of drug-likeness (QED) is 0.141. The highest BCUT2D eigenvalue weighted by atomic mass is 32.1. The fraction of sp³-hybridized carbons (Fsp3) is 0. The molecule has 1 aromatic heterocycles. The van der Waals surface area contributed by atoms with E-state index in [1.165, 1.54) is 80.2 Å². The van der Waals surface area contributed by atoms with Gasteiger partial charge < -0.3 is 9.80 Å². The third kappa shape index (κ3) is 6.22. The zero-order valence-electron chi connectivity index (χ0n) is 35.1. The van der Waals surface area contributed by atoms with Crippen LogP contribution in [-0.2, 0) is 0 Å². The first kappa shape index (κ1) is 38.0. The van der Waals surface area contributed by atoms with Crippen LogP contribution in [0, 0.1) is 0 Å². The summed E-state index contributed by atoms with van der Waals surface area (Å²) in [5.41, 5.74) is 11.8. The Morgan fingerprint density at radius 1 is 0.359 bits per heavy atom. The van der Waals surface area contributed by atoms with Gasteiger partial charge in [-0.05, 0) is 104 Å². The summed E-state index contributed by atoms with van der Waals surface area (Å²) < 4.78 is 2.58. The Morgan fingerprint density at radius 3 is 1.53 bits per heavy atom. The summed E-state index contributed by atoms with van der Waals surface area (Å²) in [6, 6.07) is 94.1. The zero-order chi connectivity index (χ0) is 42.5. The van der Waals surface area contributed by atoms with Crippen LogP contribution >= 0.6 is 11.3 Å². The molecule has 0 saturated heterocycles. The second kappa shape index (κ2) is 15.9. The van der Waals surface area contributed by atoms with Gasteiger partial charge >= 0.3 is 0 Å². The van der Waals surface area contributed by atoms with Crippen molar-refractivity contribution in [2.75, 3.05) is 9.80 Å². The molecule has 302 valence electrons. The van der Waals surface area contributed by atoms with E-state index in [0.29, 0.717) is 0 Å². The van der Waals surface area contributed by atoms with Crippen LogP contribution < -0.4 is 30.5 Å². The lowest BCUT2D eigenvalue weighted by molar-refractivity contribution is 1.29. The second-order valence-electron chi connectivity index (χ2n) is 16.4. The van der Waals surface area contributed by atoms with E-state index in [0.717, 1.165) is 17.1 Å².